The summed E-state index contributed by atoms with van der Waals surface area (Å²) >= 11 is 5.63. The average molecular weight is 323 g/mol. The Morgan fingerprint density at radius 3 is 2.55 bits per heavy atom. The predicted molar refractivity (Wildman–Crippen MR) is 74.2 cm³/mol. The highest BCUT2D eigenvalue weighted by Gasteiger charge is 2.22. The first-order valence-corrected chi connectivity index (χ1v) is 7.64. The van der Waals surface area contributed by atoms with Gasteiger partial charge in [0.1, 0.15) is 5.02 Å². The quantitative estimate of drug-likeness (QED) is 0.611. The number of aliphatic hydroxyl groups is 1. The highest BCUT2D eigenvalue weighted by molar-refractivity contribution is 7.89. The van der Waals surface area contributed by atoms with Gasteiger partial charge in [0, 0.05) is 12.1 Å². The maximum atomic E-state index is 12.1. The van der Waals surface area contributed by atoms with E-state index in [9.17, 15) is 23.6 Å². The number of sulfonamides is 1. The van der Waals surface area contributed by atoms with E-state index in [1.807, 2.05) is 0 Å². The molecule has 0 aliphatic rings. The summed E-state index contributed by atoms with van der Waals surface area (Å²) in [5.41, 5.74) is -0.474. The summed E-state index contributed by atoms with van der Waals surface area (Å²) in [5, 5.41) is 19.8. The number of hydrogen-bond donors (Lipinski definition) is 2. The van der Waals surface area contributed by atoms with Crippen LogP contribution < -0.4 is 4.72 Å². The first kappa shape index (κ1) is 16.8. The van der Waals surface area contributed by atoms with E-state index < -0.39 is 32.8 Å². The van der Waals surface area contributed by atoms with Crippen LogP contribution in [0.1, 0.15) is 20.3 Å². The number of nitrogens with zero attached hydrogens (tertiary/aromatic N) is 1. The molecule has 1 rings (SSSR count). The molecule has 1 aromatic rings. The molecule has 0 aromatic heterocycles. The molecule has 1 aromatic carbocycles. The van der Waals surface area contributed by atoms with Crippen LogP contribution in [-0.2, 0) is 10.0 Å². The van der Waals surface area contributed by atoms with Crippen LogP contribution >= 0.6 is 11.6 Å². The van der Waals surface area contributed by atoms with Gasteiger partial charge in [-0.05, 0) is 32.4 Å². The summed E-state index contributed by atoms with van der Waals surface area (Å²) in [6.07, 6.45) is -0.429. The molecule has 112 valence electrons. The van der Waals surface area contributed by atoms with E-state index in [2.05, 4.69) is 4.72 Å². The van der Waals surface area contributed by atoms with Crippen molar-refractivity contribution in [3.05, 3.63) is 33.3 Å². The van der Waals surface area contributed by atoms with Crippen molar-refractivity contribution in [1.82, 2.24) is 4.72 Å². The molecule has 2 atom stereocenters. The predicted octanol–water partition coefficient (Wildman–Crippen LogP) is 1.69. The second-order valence-electron chi connectivity index (χ2n) is 4.48. The zero-order chi connectivity index (χ0) is 15.5. The number of benzene rings is 1. The van der Waals surface area contributed by atoms with Gasteiger partial charge >= 0.3 is 0 Å². The number of nitro benzene ring substituents is 1. The summed E-state index contributed by atoms with van der Waals surface area (Å²) in [5.74, 6) is 0. The second-order valence-corrected chi connectivity index (χ2v) is 6.60. The maximum Gasteiger partial charge on any atom is 0.289 e. The molecule has 7 nitrogen and oxygen atoms in total. The Hall–Kier alpha value is -1.22. The Morgan fingerprint density at radius 1 is 1.45 bits per heavy atom. The van der Waals surface area contributed by atoms with Crippen LogP contribution in [0.2, 0.25) is 5.02 Å². The van der Waals surface area contributed by atoms with E-state index >= 15 is 0 Å². The van der Waals surface area contributed by atoms with Crippen molar-refractivity contribution in [1.29, 1.82) is 0 Å². The fraction of sp³-hybridized carbons (Fsp3) is 0.455. The van der Waals surface area contributed by atoms with E-state index in [4.69, 9.17) is 11.6 Å². The third-order valence-corrected chi connectivity index (χ3v) is 4.38. The molecule has 0 bridgehead atoms. The lowest BCUT2D eigenvalue weighted by Crippen LogP contribution is -2.34. The first-order valence-electron chi connectivity index (χ1n) is 5.78. The minimum absolute atomic E-state index is 0.133. The number of nitro groups is 1. The zero-order valence-corrected chi connectivity index (χ0v) is 12.5. The fourth-order valence-corrected chi connectivity index (χ4v) is 3.15. The van der Waals surface area contributed by atoms with Crippen molar-refractivity contribution in [2.45, 2.75) is 37.3 Å². The lowest BCUT2D eigenvalue weighted by Gasteiger charge is -2.15. The van der Waals surface area contributed by atoms with Crippen molar-refractivity contribution < 1.29 is 18.4 Å². The number of halogens is 1. The van der Waals surface area contributed by atoms with Crippen LogP contribution in [0, 0.1) is 10.1 Å². The summed E-state index contributed by atoms with van der Waals surface area (Å²) in [6.45, 7) is 3.13. The third kappa shape index (κ3) is 4.41. The van der Waals surface area contributed by atoms with Gasteiger partial charge in [-0.25, -0.2) is 13.1 Å². The van der Waals surface area contributed by atoms with E-state index in [0.717, 1.165) is 12.1 Å². The highest BCUT2D eigenvalue weighted by atomic mass is 35.5. The van der Waals surface area contributed by atoms with Crippen molar-refractivity contribution in [3.8, 4) is 0 Å². The van der Waals surface area contributed by atoms with Gasteiger partial charge in [-0.1, -0.05) is 11.6 Å². The van der Waals surface area contributed by atoms with Crippen LogP contribution in [0.25, 0.3) is 0 Å². The molecular weight excluding hydrogens is 308 g/mol. The smallest absolute Gasteiger partial charge is 0.289 e. The standard InChI is InChI=1S/C11H15ClN2O5S/c1-7(5-8(2)15)13-20(18,19)9-3-4-10(12)11(6-9)14(16)17/h3-4,6-8,13,15H,5H2,1-2H3. The average Bonchev–Trinajstić information content (AvgIpc) is 2.26. The number of nitrogens with one attached hydrogen (secondary N) is 1. The van der Waals surface area contributed by atoms with Gasteiger partial charge in [-0.2, -0.15) is 0 Å². The third-order valence-electron chi connectivity index (χ3n) is 2.48. The van der Waals surface area contributed by atoms with Crippen molar-refractivity contribution >= 4 is 27.3 Å². The number of rotatable bonds is 6. The number of hydrogen-bond acceptors (Lipinski definition) is 5. The van der Waals surface area contributed by atoms with Gasteiger partial charge in [0.2, 0.25) is 10.0 Å². The maximum absolute atomic E-state index is 12.1. The Morgan fingerprint density at radius 2 is 2.05 bits per heavy atom. The zero-order valence-electron chi connectivity index (χ0n) is 10.9. The van der Waals surface area contributed by atoms with Crippen molar-refractivity contribution in [2.24, 2.45) is 0 Å². The van der Waals surface area contributed by atoms with Gasteiger partial charge in [0.25, 0.3) is 5.69 Å². The molecule has 2 unspecified atom stereocenters. The van der Waals surface area contributed by atoms with E-state index in [1.54, 1.807) is 6.92 Å². The topological polar surface area (TPSA) is 110 Å². The van der Waals surface area contributed by atoms with Crippen LogP contribution in [0.5, 0.6) is 0 Å². The monoisotopic (exact) mass is 322 g/mol. The van der Waals surface area contributed by atoms with E-state index in [0.29, 0.717) is 0 Å². The number of aliphatic hydroxyl groups excluding tert-OH is 1. The van der Waals surface area contributed by atoms with Gasteiger partial charge in [-0.3, -0.25) is 10.1 Å². The molecule has 0 saturated heterocycles. The first-order chi connectivity index (χ1) is 9.13. The molecule has 0 amide bonds. The second kappa shape index (κ2) is 6.49. The molecule has 0 saturated carbocycles. The normalized spacial score (nSPS) is 14.8. The Labute approximate surface area is 121 Å². The minimum atomic E-state index is -3.90. The molecule has 0 fully saturated rings. The summed E-state index contributed by atoms with van der Waals surface area (Å²) < 4.78 is 26.4. The lowest BCUT2D eigenvalue weighted by molar-refractivity contribution is -0.384. The van der Waals surface area contributed by atoms with Crippen LogP contribution in [-0.4, -0.2) is 30.6 Å². The van der Waals surface area contributed by atoms with Crippen LogP contribution in [0.3, 0.4) is 0 Å². The molecule has 0 radical (unpaired) electrons. The van der Waals surface area contributed by atoms with Crippen LogP contribution in [0.15, 0.2) is 23.1 Å². The molecule has 20 heavy (non-hydrogen) atoms. The molecule has 0 aliphatic carbocycles. The van der Waals surface area contributed by atoms with Crippen LogP contribution in [0.4, 0.5) is 5.69 Å². The van der Waals surface area contributed by atoms with Crippen molar-refractivity contribution in [3.63, 3.8) is 0 Å². The van der Waals surface area contributed by atoms with Gasteiger partial charge in [0.05, 0.1) is 15.9 Å². The Balaban J connectivity index is 3.04. The van der Waals surface area contributed by atoms with Crippen molar-refractivity contribution in [2.75, 3.05) is 0 Å². The lowest BCUT2D eigenvalue weighted by atomic mass is 10.2. The Bertz CT molecular complexity index is 603. The summed E-state index contributed by atoms with van der Waals surface area (Å²) in [6, 6.07) is 2.75. The summed E-state index contributed by atoms with van der Waals surface area (Å²) in [4.78, 5) is 9.75. The molecule has 2 N–H and O–H groups in total. The molecule has 0 heterocycles. The van der Waals surface area contributed by atoms with Gasteiger partial charge < -0.3 is 5.11 Å². The Kier molecular flexibility index (Phi) is 5.46. The molecule has 0 spiro atoms. The van der Waals surface area contributed by atoms with E-state index in [-0.39, 0.29) is 16.3 Å². The highest BCUT2D eigenvalue weighted by Crippen LogP contribution is 2.27. The molecular formula is C11H15ClN2O5S. The SMILES string of the molecule is CC(O)CC(C)NS(=O)(=O)c1ccc(Cl)c([N+](=O)[O-])c1. The van der Waals surface area contributed by atoms with Gasteiger partial charge in [-0.15, -0.1) is 0 Å². The van der Waals surface area contributed by atoms with Gasteiger partial charge in [0.15, 0.2) is 0 Å². The summed E-state index contributed by atoms with van der Waals surface area (Å²) in [7, 11) is -3.90. The molecule has 9 heteroatoms. The minimum Gasteiger partial charge on any atom is -0.393 e. The largest absolute Gasteiger partial charge is 0.393 e. The molecule has 0 aliphatic heterocycles. The fourth-order valence-electron chi connectivity index (χ4n) is 1.69. The van der Waals surface area contributed by atoms with E-state index in [1.165, 1.54) is 13.0 Å².